The summed E-state index contributed by atoms with van der Waals surface area (Å²) in [5.41, 5.74) is 0.840. The molecule has 0 radical (unpaired) electrons. The summed E-state index contributed by atoms with van der Waals surface area (Å²) in [6, 6.07) is 6.46. The predicted molar refractivity (Wildman–Crippen MR) is 113 cm³/mol. The summed E-state index contributed by atoms with van der Waals surface area (Å²) in [7, 11) is 0. The van der Waals surface area contributed by atoms with E-state index in [1.54, 1.807) is 38.5 Å². The van der Waals surface area contributed by atoms with Crippen LogP contribution in [0, 0.1) is 0 Å². The molecule has 33 heavy (non-hydrogen) atoms. The van der Waals surface area contributed by atoms with E-state index in [-0.39, 0.29) is 13.0 Å². The molecule has 10 heteroatoms. The van der Waals surface area contributed by atoms with Gasteiger partial charge in [-0.3, -0.25) is 4.79 Å². The molecule has 0 saturated heterocycles. The number of hydrogen-bond acceptors (Lipinski definition) is 6. The monoisotopic (exact) mass is 455 g/mol. The summed E-state index contributed by atoms with van der Waals surface area (Å²) in [5, 5.41) is 4.41. The number of ether oxygens (including phenoxy) is 1. The minimum atomic E-state index is -4.42. The molecule has 4 rings (SSSR count). The molecule has 7 nitrogen and oxygen atoms in total. The van der Waals surface area contributed by atoms with Crippen LogP contribution >= 0.6 is 0 Å². The molecule has 0 fully saturated rings. The molecule has 0 N–H and O–H groups in total. The number of aromatic nitrogens is 5. The number of carbonyl (C=O) groups is 1. The van der Waals surface area contributed by atoms with Gasteiger partial charge >= 0.3 is 12.1 Å². The minimum absolute atomic E-state index is 0.198. The maximum atomic E-state index is 13.1. The van der Waals surface area contributed by atoms with E-state index >= 15 is 0 Å². The second-order valence-corrected chi connectivity index (χ2v) is 7.67. The van der Waals surface area contributed by atoms with E-state index in [0.29, 0.717) is 22.5 Å². The number of esters is 1. The molecule has 3 aromatic heterocycles. The molecule has 0 saturated carbocycles. The number of carbonyl (C=O) groups excluding carboxylic acids is 1. The number of hydrogen-bond donors (Lipinski definition) is 0. The van der Waals surface area contributed by atoms with Crippen molar-refractivity contribution in [3.05, 3.63) is 78.3 Å². The zero-order valence-electron chi connectivity index (χ0n) is 17.9. The minimum Gasteiger partial charge on any atom is -0.465 e. The second-order valence-electron chi connectivity index (χ2n) is 7.67. The van der Waals surface area contributed by atoms with E-state index < -0.39 is 23.1 Å². The smallest absolute Gasteiger partial charge is 0.416 e. The first-order chi connectivity index (χ1) is 15.7. The van der Waals surface area contributed by atoms with Gasteiger partial charge < -0.3 is 4.74 Å². The fourth-order valence-corrected chi connectivity index (χ4v) is 3.74. The van der Waals surface area contributed by atoms with Crippen LogP contribution in [-0.4, -0.2) is 37.1 Å². The molecule has 3 heterocycles. The molecule has 1 unspecified atom stereocenters. The van der Waals surface area contributed by atoms with E-state index in [1.807, 2.05) is 0 Å². The first-order valence-electron chi connectivity index (χ1n) is 10.2. The van der Waals surface area contributed by atoms with Crippen molar-refractivity contribution in [2.45, 2.75) is 31.9 Å². The van der Waals surface area contributed by atoms with Crippen LogP contribution in [0.2, 0.25) is 0 Å². The van der Waals surface area contributed by atoms with Crippen LogP contribution in [0.3, 0.4) is 0 Å². The van der Waals surface area contributed by atoms with Crippen LogP contribution in [0.1, 0.15) is 30.7 Å². The Morgan fingerprint density at radius 1 is 1.06 bits per heavy atom. The van der Waals surface area contributed by atoms with E-state index in [2.05, 4.69) is 20.1 Å². The topological polar surface area (TPSA) is 82.3 Å². The molecule has 0 aliphatic heterocycles. The van der Waals surface area contributed by atoms with Gasteiger partial charge in [-0.15, -0.1) is 0 Å². The van der Waals surface area contributed by atoms with E-state index in [9.17, 15) is 18.0 Å². The maximum absolute atomic E-state index is 13.1. The van der Waals surface area contributed by atoms with Crippen LogP contribution < -0.4 is 0 Å². The van der Waals surface area contributed by atoms with Crippen molar-refractivity contribution in [3.8, 4) is 11.1 Å². The lowest BCUT2D eigenvalue weighted by atomic mass is 9.80. The first-order valence-corrected chi connectivity index (χ1v) is 10.2. The summed E-state index contributed by atoms with van der Waals surface area (Å²) >= 11 is 0. The average Bonchev–Trinajstić information content (AvgIpc) is 3.23. The highest BCUT2D eigenvalue weighted by molar-refractivity contribution is 5.84. The Morgan fingerprint density at radius 2 is 1.76 bits per heavy atom. The summed E-state index contributed by atoms with van der Waals surface area (Å²) in [5.74, 6) is -0.451. The van der Waals surface area contributed by atoms with Crippen molar-refractivity contribution in [3.63, 3.8) is 0 Å². The summed E-state index contributed by atoms with van der Waals surface area (Å²) < 4.78 is 45.7. The van der Waals surface area contributed by atoms with Gasteiger partial charge in [0.1, 0.15) is 11.7 Å². The standard InChI is InChI=1S/C23H20F3N5O2/c1-3-33-21(32)22(2,10-15-11-27-14-28-12-15)19-8-9-29-20-18(13-30-31(19)20)16-4-6-17(7-5-16)23(24,25)26/h4-9,11-14H,3,10H2,1-2H3. The van der Waals surface area contributed by atoms with Crippen molar-refractivity contribution in [2.24, 2.45) is 0 Å². The van der Waals surface area contributed by atoms with Gasteiger partial charge in [0.2, 0.25) is 0 Å². The second kappa shape index (κ2) is 8.61. The third-order valence-electron chi connectivity index (χ3n) is 5.39. The van der Waals surface area contributed by atoms with E-state index in [0.717, 1.165) is 17.7 Å². The number of alkyl halides is 3. The quantitative estimate of drug-likeness (QED) is 0.404. The summed E-state index contributed by atoms with van der Waals surface area (Å²) in [4.78, 5) is 25.5. The molecule has 1 atom stereocenters. The normalized spacial score (nSPS) is 13.6. The van der Waals surface area contributed by atoms with Crippen molar-refractivity contribution in [1.82, 2.24) is 24.6 Å². The number of nitrogens with zero attached hydrogens (tertiary/aromatic N) is 5. The Bertz CT molecular complexity index is 1270. The van der Waals surface area contributed by atoms with Gasteiger partial charge in [-0.25, -0.2) is 19.5 Å². The SMILES string of the molecule is CCOC(=O)C(C)(Cc1cncnc1)c1ccnc2c(-c3ccc(C(F)(F)F)cc3)cnn12. The molecule has 0 bridgehead atoms. The molecule has 0 spiro atoms. The van der Waals surface area contributed by atoms with Crippen LogP contribution in [0.15, 0.2) is 61.4 Å². The lowest BCUT2D eigenvalue weighted by molar-refractivity contribution is -0.149. The van der Waals surface area contributed by atoms with Crippen molar-refractivity contribution >= 4 is 11.6 Å². The highest BCUT2D eigenvalue weighted by Gasteiger charge is 2.40. The molecule has 0 amide bonds. The van der Waals surface area contributed by atoms with Crippen LogP contribution in [0.5, 0.6) is 0 Å². The molecular formula is C23H20F3N5O2. The van der Waals surface area contributed by atoms with Crippen molar-refractivity contribution in [2.75, 3.05) is 6.61 Å². The Morgan fingerprint density at radius 3 is 2.39 bits per heavy atom. The zero-order valence-corrected chi connectivity index (χ0v) is 17.9. The van der Waals surface area contributed by atoms with Crippen LogP contribution in [0.4, 0.5) is 13.2 Å². The number of benzene rings is 1. The lowest BCUT2D eigenvalue weighted by Gasteiger charge is -2.27. The lowest BCUT2D eigenvalue weighted by Crippen LogP contribution is -2.38. The van der Waals surface area contributed by atoms with Crippen molar-refractivity contribution < 1.29 is 22.7 Å². The fourth-order valence-electron chi connectivity index (χ4n) is 3.74. The molecule has 0 aliphatic carbocycles. The van der Waals surface area contributed by atoms with Gasteiger partial charge in [0.15, 0.2) is 5.65 Å². The molecule has 0 aliphatic rings. The third-order valence-corrected chi connectivity index (χ3v) is 5.39. The maximum Gasteiger partial charge on any atom is 0.416 e. The van der Waals surface area contributed by atoms with E-state index in [4.69, 9.17) is 4.74 Å². The molecule has 4 aromatic rings. The largest absolute Gasteiger partial charge is 0.465 e. The Labute approximate surface area is 187 Å². The third kappa shape index (κ3) is 4.28. The van der Waals surface area contributed by atoms with Gasteiger partial charge in [-0.2, -0.15) is 18.3 Å². The van der Waals surface area contributed by atoms with Gasteiger partial charge in [-0.05, 0) is 49.6 Å². The number of rotatable bonds is 6. The van der Waals surface area contributed by atoms with Gasteiger partial charge in [0.25, 0.3) is 0 Å². The highest BCUT2D eigenvalue weighted by atomic mass is 19.4. The van der Waals surface area contributed by atoms with Gasteiger partial charge in [0.05, 0.1) is 24.1 Å². The molecule has 1 aromatic carbocycles. The van der Waals surface area contributed by atoms with Gasteiger partial charge in [0, 0.05) is 24.2 Å². The zero-order chi connectivity index (χ0) is 23.6. The van der Waals surface area contributed by atoms with Crippen molar-refractivity contribution in [1.29, 1.82) is 0 Å². The summed E-state index contributed by atoms with van der Waals surface area (Å²) in [6.45, 7) is 3.67. The fraction of sp³-hybridized carbons (Fsp3) is 0.261. The predicted octanol–water partition coefficient (Wildman–Crippen LogP) is 4.27. The van der Waals surface area contributed by atoms with Crippen LogP contribution in [0.25, 0.3) is 16.8 Å². The van der Waals surface area contributed by atoms with Gasteiger partial charge in [-0.1, -0.05) is 12.1 Å². The Hall–Kier alpha value is -3.82. The highest BCUT2D eigenvalue weighted by Crippen LogP contribution is 2.34. The Kier molecular flexibility index (Phi) is 5.84. The number of halogens is 3. The summed E-state index contributed by atoms with van der Waals surface area (Å²) in [6.07, 6.45) is 3.54. The first kappa shape index (κ1) is 22.4. The van der Waals surface area contributed by atoms with Crippen LogP contribution in [-0.2, 0) is 27.5 Å². The molecule has 170 valence electrons. The average molecular weight is 455 g/mol. The molecular weight excluding hydrogens is 435 g/mol. The Balaban J connectivity index is 1.81. The number of fused-ring (bicyclic) bond motifs is 1. The van der Waals surface area contributed by atoms with E-state index in [1.165, 1.54) is 29.2 Å².